The first-order valence-electron chi connectivity index (χ1n) is 19.1. The Hall–Kier alpha value is -4.70. The van der Waals surface area contributed by atoms with Crippen LogP contribution in [0, 0.1) is 13.8 Å². The minimum atomic E-state index is -0.930. The second kappa shape index (κ2) is 12.2. The second-order valence-electron chi connectivity index (χ2n) is 17.6. The normalized spacial score (nSPS) is 15.1. The summed E-state index contributed by atoms with van der Waals surface area (Å²) in [6.07, 6.45) is 0. The molecule has 0 spiro atoms. The molecule has 0 atom stereocenters. The third kappa shape index (κ3) is 5.72. The molecule has 3 heteroatoms. The van der Waals surface area contributed by atoms with Crippen LogP contribution in [0.5, 0.6) is 0 Å². The van der Waals surface area contributed by atoms with Crippen LogP contribution in [0.4, 0.5) is 0 Å². The number of hydrogen-bond donors (Lipinski definition) is 1. The van der Waals surface area contributed by atoms with E-state index in [-0.39, 0.29) is 10.8 Å². The quantitative estimate of drug-likeness (QED) is 0.169. The Kier molecular flexibility index (Phi) is 8.11. The predicted molar refractivity (Wildman–Crippen MR) is 226 cm³/mol. The van der Waals surface area contributed by atoms with Crippen molar-refractivity contribution in [1.82, 2.24) is 0 Å². The zero-order valence-electron chi connectivity index (χ0n) is 33.0. The minimum Gasteiger partial charge on any atom is -0.427 e. The zero-order chi connectivity index (χ0) is 37.7. The average Bonchev–Trinajstić information content (AvgIpc) is 3.50. The lowest BCUT2D eigenvalue weighted by molar-refractivity contribution is -0.0893. The van der Waals surface area contributed by atoms with Crippen LogP contribution in [-0.2, 0) is 15.5 Å². The summed E-state index contributed by atoms with van der Waals surface area (Å²) in [5, 5.41) is 10.5. The van der Waals surface area contributed by atoms with Gasteiger partial charge in [-0.3, -0.25) is 0 Å². The molecule has 0 fully saturated rings. The molecular weight excluding hydrogens is 643 g/mol. The van der Waals surface area contributed by atoms with Gasteiger partial charge >= 0.3 is 7.48 Å². The Labute approximate surface area is 317 Å². The van der Waals surface area contributed by atoms with Gasteiger partial charge in [-0.2, -0.15) is 0 Å². The Morgan fingerprint density at radius 1 is 0.472 bits per heavy atom. The molecule has 0 saturated carbocycles. The fourth-order valence-electron chi connectivity index (χ4n) is 8.63. The summed E-state index contributed by atoms with van der Waals surface area (Å²) in [5.41, 5.74) is 20.4. The van der Waals surface area contributed by atoms with Gasteiger partial charge in [0, 0.05) is 10.8 Å². The van der Waals surface area contributed by atoms with E-state index in [0.717, 1.165) is 5.46 Å². The molecule has 8 rings (SSSR count). The fraction of sp³-hybridized carbons (Fsp3) is 0.280. The Morgan fingerprint density at radius 3 is 1.42 bits per heavy atom. The van der Waals surface area contributed by atoms with E-state index in [9.17, 15) is 5.11 Å². The molecule has 6 aromatic carbocycles. The summed E-state index contributed by atoms with van der Waals surface area (Å²) in [4.78, 5) is 0. The molecule has 0 radical (unpaired) electrons. The maximum absolute atomic E-state index is 10.5. The molecule has 0 heterocycles. The van der Waals surface area contributed by atoms with Crippen molar-refractivity contribution >= 4 is 12.9 Å². The van der Waals surface area contributed by atoms with Crippen LogP contribution in [0.25, 0.3) is 55.6 Å². The van der Waals surface area contributed by atoms with Gasteiger partial charge in [0.2, 0.25) is 0 Å². The first kappa shape index (κ1) is 35.3. The molecule has 0 saturated heterocycles. The van der Waals surface area contributed by atoms with Gasteiger partial charge in [-0.25, -0.2) is 0 Å². The van der Waals surface area contributed by atoms with Gasteiger partial charge in [0.05, 0.1) is 11.2 Å². The fourth-order valence-corrected chi connectivity index (χ4v) is 8.63. The van der Waals surface area contributed by atoms with Gasteiger partial charge in [-0.05, 0) is 149 Å². The molecule has 0 unspecified atom stereocenters. The van der Waals surface area contributed by atoms with Crippen molar-refractivity contribution in [2.24, 2.45) is 0 Å². The molecule has 53 heavy (non-hydrogen) atoms. The molecule has 0 aliphatic heterocycles. The molecular formula is C50H51BO2. The largest absolute Gasteiger partial charge is 0.427 e. The van der Waals surface area contributed by atoms with Gasteiger partial charge in [-0.1, -0.05) is 130 Å². The third-order valence-corrected chi connectivity index (χ3v) is 12.8. The predicted octanol–water partition coefficient (Wildman–Crippen LogP) is 11.5. The van der Waals surface area contributed by atoms with Crippen LogP contribution in [-0.4, -0.2) is 23.8 Å². The highest BCUT2D eigenvalue weighted by Gasteiger charge is 2.38. The number of rotatable bonds is 7. The van der Waals surface area contributed by atoms with E-state index in [2.05, 4.69) is 157 Å². The topological polar surface area (TPSA) is 29.5 Å². The number of fused-ring (bicyclic) bond motifs is 6. The van der Waals surface area contributed by atoms with Crippen molar-refractivity contribution in [1.29, 1.82) is 0 Å². The first-order chi connectivity index (χ1) is 25.0. The standard InChI is InChI=1S/C50H51BO2/c1-30-26-42(31(2)25-41(30)32-15-20-36(21-16-32)51-53-50(9,10)49(7,8)52)35-19-24-40-39-23-18-34(28-45(39)48(5,6)46(40)29-35)33-17-22-38-37-13-11-12-14-43(37)47(3,4)44(38)27-33/h11-29,51-52H,1-10H3. The minimum absolute atomic E-state index is 0.0181. The van der Waals surface area contributed by atoms with Crippen molar-refractivity contribution in [2.45, 2.75) is 91.3 Å². The lowest BCUT2D eigenvalue weighted by atomic mass is 9.79. The molecule has 266 valence electrons. The van der Waals surface area contributed by atoms with E-state index >= 15 is 0 Å². The molecule has 6 aromatic rings. The van der Waals surface area contributed by atoms with Crippen molar-refractivity contribution in [3.05, 3.63) is 149 Å². The van der Waals surface area contributed by atoms with E-state index in [1.807, 2.05) is 13.8 Å². The summed E-state index contributed by atoms with van der Waals surface area (Å²) in [6.45, 7) is 21.4. The summed E-state index contributed by atoms with van der Waals surface area (Å²) >= 11 is 0. The number of benzene rings is 6. The summed E-state index contributed by atoms with van der Waals surface area (Å²) < 4.78 is 6.11. The Morgan fingerprint density at radius 2 is 0.887 bits per heavy atom. The van der Waals surface area contributed by atoms with Crippen molar-refractivity contribution in [3.63, 3.8) is 0 Å². The van der Waals surface area contributed by atoms with Crippen molar-refractivity contribution in [3.8, 4) is 55.6 Å². The summed E-state index contributed by atoms with van der Waals surface area (Å²) in [5.74, 6) is 0. The van der Waals surface area contributed by atoms with E-state index in [1.54, 1.807) is 13.8 Å². The van der Waals surface area contributed by atoms with Gasteiger partial charge in [0.1, 0.15) is 0 Å². The van der Waals surface area contributed by atoms with Gasteiger partial charge in [0.25, 0.3) is 0 Å². The Balaban J connectivity index is 1.07. The maximum Gasteiger partial charge on any atom is 0.309 e. The number of aryl methyl sites for hydroxylation is 2. The average molecular weight is 695 g/mol. The second-order valence-corrected chi connectivity index (χ2v) is 17.6. The van der Waals surface area contributed by atoms with Crippen LogP contribution in [0.1, 0.15) is 88.8 Å². The molecule has 2 aliphatic carbocycles. The molecule has 1 N–H and O–H groups in total. The molecule has 0 aromatic heterocycles. The molecule has 0 bridgehead atoms. The SMILES string of the molecule is Cc1cc(-c2ccc3c(c2)C(C)(C)c2cc(-c4ccc5c(c4)C(C)(C)c4ccccc4-5)ccc2-3)c(C)cc1-c1ccc(BOC(C)(C)C(C)(C)O)cc1. The lowest BCUT2D eigenvalue weighted by Gasteiger charge is -2.37. The summed E-state index contributed by atoms with van der Waals surface area (Å²) in [6, 6.07) is 43.5. The maximum atomic E-state index is 10.5. The van der Waals surface area contributed by atoms with Crippen LogP contribution in [0.15, 0.2) is 115 Å². The van der Waals surface area contributed by atoms with Gasteiger partial charge in [0.15, 0.2) is 0 Å². The molecule has 0 amide bonds. The highest BCUT2D eigenvalue weighted by molar-refractivity contribution is 6.47. The van der Waals surface area contributed by atoms with Gasteiger partial charge < -0.3 is 9.76 Å². The van der Waals surface area contributed by atoms with Crippen molar-refractivity contribution < 1.29 is 9.76 Å². The lowest BCUT2D eigenvalue weighted by Crippen LogP contribution is -2.49. The van der Waals surface area contributed by atoms with Crippen molar-refractivity contribution in [2.75, 3.05) is 0 Å². The van der Waals surface area contributed by atoms with Crippen LogP contribution < -0.4 is 5.46 Å². The van der Waals surface area contributed by atoms with E-state index in [1.165, 1.54) is 89.0 Å². The van der Waals surface area contributed by atoms with Crippen LogP contribution in [0.3, 0.4) is 0 Å². The molecule has 2 nitrogen and oxygen atoms in total. The monoisotopic (exact) mass is 694 g/mol. The van der Waals surface area contributed by atoms with Crippen LogP contribution in [0.2, 0.25) is 0 Å². The smallest absolute Gasteiger partial charge is 0.309 e. The molecule has 2 aliphatic rings. The number of aliphatic hydroxyl groups is 1. The zero-order valence-corrected chi connectivity index (χ0v) is 33.0. The first-order valence-corrected chi connectivity index (χ1v) is 19.1. The van der Waals surface area contributed by atoms with E-state index in [4.69, 9.17) is 4.65 Å². The number of hydrogen-bond acceptors (Lipinski definition) is 2. The summed E-state index contributed by atoms with van der Waals surface area (Å²) in [7, 11) is 0.454. The van der Waals surface area contributed by atoms with Gasteiger partial charge in [-0.15, -0.1) is 0 Å². The highest BCUT2D eigenvalue weighted by Crippen LogP contribution is 2.52. The van der Waals surface area contributed by atoms with E-state index in [0.29, 0.717) is 7.48 Å². The third-order valence-electron chi connectivity index (χ3n) is 12.8. The van der Waals surface area contributed by atoms with Crippen LogP contribution >= 0.6 is 0 Å². The van der Waals surface area contributed by atoms with E-state index < -0.39 is 11.2 Å². The Bertz CT molecular complexity index is 2420. The highest BCUT2D eigenvalue weighted by atomic mass is 16.5.